The lowest BCUT2D eigenvalue weighted by molar-refractivity contribution is -0.127. The maximum atomic E-state index is 12.3. The number of Topliss-reactive ketones (excluding diaryl/α,β-unsaturated/α-hetero) is 1. The molecule has 0 bridgehead atoms. The van der Waals surface area contributed by atoms with E-state index in [1.54, 1.807) is 12.1 Å². The molecule has 1 saturated carbocycles. The van der Waals surface area contributed by atoms with Gasteiger partial charge in [0.1, 0.15) is 11.5 Å². The minimum Gasteiger partial charge on any atom is -0.507 e. The molecule has 0 aliphatic heterocycles. The summed E-state index contributed by atoms with van der Waals surface area (Å²) < 4.78 is 0. The van der Waals surface area contributed by atoms with Gasteiger partial charge in [-0.25, -0.2) is 0 Å². The Morgan fingerprint density at radius 1 is 1.27 bits per heavy atom. The second-order valence-corrected chi connectivity index (χ2v) is 7.75. The SMILES string of the molecule is Cc1ccc(O)c(C(=O)NC[C@@]2(C)CC(=O)CC(C)(C)C2)c1. The first kappa shape index (κ1) is 16.5. The lowest BCUT2D eigenvalue weighted by atomic mass is 9.64. The van der Waals surface area contributed by atoms with Crippen LogP contribution >= 0.6 is 0 Å². The van der Waals surface area contributed by atoms with Gasteiger partial charge in [-0.2, -0.15) is 0 Å². The van der Waals surface area contributed by atoms with Crippen LogP contribution in [0.3, 0.4) is 0 Å². The number of carbonyl (C=O) groups excluding carboxylic acids is 2. The van der Waals surface area contributed by atoms with Crippen molar-refractivity contribution in [2.75, 3.05) is 6.54 Å². The highest BCUT2D eigenvalue weighted by atomic mass is 16.3. The van der Waals surface area contributed by atoms with Gasteiger partial charge in [0, 0.05) is 19.4 Å². The van der Waals surface area contributed by atoms with Crippen molar-refractivity contribution in [1.82, 2.24) is 5.32 Å². The number of benzene rings is 1. The Morgan fingerprint density at radius 2 is 1.95 bits per heavy atom. The molecule has 1 fully saturated rings. The van der Waals surface area contributed by atoms with Gasteiger partial charge in [-0.3, -0.25) is 9.59 Å². The molecular weight excluding hydrogens is 278 g/mol. The van der Waals surface area contributed by atoms with Crippen LogP contribution in [0.1, 0.15) is 56.0 Å². The topological polar surface area (TPSA) is 66.4 Å². The third-order valence-electron chi connectivity index (χ3n) is 4.28. The fourth-order valence-corrected chi connectivity index (χ4v) is 3.70. The van der Waals surface area contributed by atoms with Crippen molar-refractivity contribution in [3.8, 4) is 5.75 Å². The average Bonchev–Trinajstić information content (AvgIpc) is 2.36. The molecule has 1 amide bonds. The molecule has 0 heterocycles. The minimum atomic E-state index is -0.293. The lowest BCUT2D eigenvalue weighted by Crippen LogP contribution is -2.43. The fourth-order valence-electron chi connectivity index (χ4n) is 3.70. The Labute approximate surface area is 131 Å². The molecule has 120 valence electrons. The first-order valence-electron chi connectivity index (χ1n) is 7.70. The number of ketones is 1. The highest BCUT2D eigenvalue weighted by Crippen LogP contribution is 2.44. The van der Waals surface area contributed by atoms with Crippen LogP contribution in [-0.2, 0) is 4.79 Å². The van der Waals surface area contributed by atoms with E-state index in [1.807, 2.05) is 13.8 Å². The van der Waals surface area contributed by atoms with Crippen molar-refractivity contribution in [3.05, 3.63) is 29.3 Å². The highest BCUT2D eigenvalue weighted by Gasteiger charge is 2.40. The number of nitrogens with one attached hydrogen (secondary N) is 1. The van der Waals surface area contributed by atoms with Crippen LogP contribution in [0.5, 0.6) is 5.75 Å². The van der Waals surface area contributed by atoms with E-state index in [-0.39, 0.29) is 33.8 Å². The summed E-state index contributed by atoms with van der Waals surface area (Å²) in [5, 5.41) is 12.7. The second kappa shape index (κ2) is 5.75. The Morgan fingerprint density at radius 3 is 2.59 bits per heavy atom. The molecule has 0 aromatic heterocycles. The van der Waals surface area contributed by atoms with E-state index < -0.39 is 0 Å². The van der Waals surface area contributed by atoms with Crippen LogP contribution in [0.15, 0.2) is 18.2 Å². The second-order valence-electron chi connectivity index (χ2n) is 7.75. The molecule has 4 heteroatoms. The fraction of sp³-hybridized carbons (Fsp3) is 0.556. The zero-order valence-electron chi connectivity index (χ0n) is 13.8. The van der Waals surface area contributed by atoms with Crippen molar-refractivity contribution < 1.29 is 14.7 Å². The van der Waals surface area contributed by atoms with E-state index in [0.717, 1.165) is 12.0 Å². The Hall–Kier alpha value is -1.84. The molecule has 1 aliphatic rings. The number of aryl methyl sites for hydroxylation is 1. The van der Waals surface area contributed by atoms with E-state index in [2.05, 4.69) is 19.2 Å². The van der Waals surface area contributed by atoms with Crippen LogP contribution < -0.4 is 5.32 Å². The van der Waals surface area contributed by atoms with Gasteiger partial charge in [0.2, 0.25) is 0 Å². The summed E-state index contributed by atoms with van der Waals surface area (Å²) >= 11 is 0. The highest BCUT2D eigenvalue weighted by molar-refractivity contribution is 5.97. The Bertz CT molecular complexity index is 606. The molecular formula is C18H25NO3. The maximum Gasteiger partial charge on any atom is 0.255 e. The zero-order chi connectivity index (χ0) is 16.5. The molecule has 4 nitrogen and oxygen atoms in total. The number of carbonyl (C=O) groups is 2. The summed E-state index contributed by atoms with van der Waals surface area (Å²) in [5.41, 5.74) is 0.946. The van der Waals surface area contributed by atoms with Crippen LogP contribution in [0.2, 0.25) is 0 Å². The molecule has 22 heavy (non-hydrogen) atoms. The summed E-state index contributed by atoms with van der Waals surface area (Å²) in [5.74, 6) is -0.0574. The summed E-state index contributed by atoms with van der Waals surface area (Å²) in [6.07, 6.45) is 2.00. The molecule has 0 spiro atoms. The normalized spacial score (nSPS) is 24.1. The summed E-state index contributed by atoms with van der Waals surface area (Å²) in [7, 11) is 0. The van der Waals surface area contributed by atoms with Gasteiger partial charge in [0.15, 0.2) is 0 Å². The van der Waals surface area contributed by atoms with Gasteiger partial charge in [-0.15, -0.1) is 0 Å². The van der Waals surface area contributed by atoms with Gasteiger partial charge < -0.3 is 10.4 Å². The summed E-state index contributed by atoms with van der Waals surface area (Å²) in [6, 6.07) is 4.96. The minimum absolute atomic E-state index is 0.0201. The smallest absolute Gasteiger partial charge is 0.255 e. The molecule has 0 saturated heterocycles. The molecule has 1 aromatic rings. The van der Waals surface area contributed by atoms with Gasteiger partial charge in [-0.1, -0.05) is 32.4 Å². The van der Waals surface area contributed by atoms with Gasteiger partial charge in [0.25, 0.3) is 5.91 Å². The molecule has 1 aromatic carbocycles. The third kappa shape index (κ3) is 3.87. The van der Waals surface area contributed by atoms with E-state index in [4.69, 9.17) is 0 Å². The molecule has 2 rings (SSSR count). The largest absolute Gasteiger partial charge is 0.507 e. The number of phenolic OH excluding ortho intramolecular Hbond substituents is 1. The number of aromatic hydroxyl groups is 1. The Kier molecular flexibility index (Phi) is 4.32. The molecule has 1 atom stereocenters. The maximum absolute atomic E-state index is 12.3. The van der Waals surface area contributed by atoms with Crippen LogP contribution in [-0.4, -0.2) is 23.3 Å². The number of hydrogen-bond donors (Lipinski definition) is 2. The van der Waals surface area contributed by atoms with Crippen molar-refractivity contribution in [3.63, 3.8) is 0 Å². The predicted molar refractivity (Wildman–Crippen MR) is 85.9 cm³/mol. The van der Waals surface area contributed by atoms with E-state index in [9.17, 15) is 14.7 Å². The van der Waals surface area contributed by atoms with Crippen LogP contribution in [0.25, 0.3) is 0 Å². The first-order valence-corrected chi connectivity index (χ1v) is 7.70. The number of rotatable bonds is 3. The molecule has 2 N–H and O–H groups in total. The van der Waals surface area contributed by atoms with Gasteiger partial charge >= 0.3 is 0 Å². The van der Waals surface area contributed by atoms with Crippen LogP contribution in [0.4, 0.5) is 0 Å². The van der Waals surface area contributed by atoms with Crippen LogP contribution in [0, 0.1) is 17.8 Å². The lowest BCUT2D eigenvalue weighted by Gasteiger charge is -2.42. The third-order valence-corrected chi connectivity index (χ3v) is 4.28. The number of hydrogen-bond acceptors (Lipinski definition) is 3. The monoisotopic (exact) mass is 303 g/mol. The Balaban J connectivity index is 2.07. The quantitative estimate of drug-likeness (QED) is 0.901. The van der Waals surface area contributed by atoms with Crippen molar-refractivity contribution in [2.24, 2.45) is 10.8 Å². The molecule has 0 unspecified atom stereocenters. The molecule has 0 radical (unpaired) electrons. The van der Waals surface area contributed by atoms with E-state index in [0.29, 0.717) is 19.4 Å². The van der Waals surface area contributed by atoms with Crippen molar-refractivity contribution >= 4 is 11.7 Å². The van der Waals surface area contributed by atoms with Gasteiger partial charge in [0.05, 0.1) is 5.56 Å². The predicted octanol–water partition coefficient (Wildman–Crippen LogP) is 3.22. The zero-order valence-corrected chi connectivity index (χ0v) is 13.8. The number of phenols is 1. The molecule has 1 aliphatic carbocycles. The van der Waals surface area contributed by atoms with Crippen molar-refractivity contribution in [2.45, 2.75) is 47.0 Å². The average molecular weight is 303 g/mol. The van der Waals surface area contributed by atoms with Crippen molar-refractivity contribution in [1.29, 1.82) is 0 Å². The summed E-state index contributed by atoms with van der Waals surface area (Å²) in [6.45, 7) is 8.55. The summed E-state index contributed by atoms with van der Waals surface area (Å²) in [4.78, 5) is 24.2. The van der Waals surface area contributed by atoms with E-state index in [1.165, 1.54) is 6.07 Å². The number of amides is 1. The van der Waals surface area contributed by atoms with Gasteiger partial charge in [-0.05, 0) is 36.3 Å². The van der Waals surface area contributed by atoms with E-state index >= 15 is 0 Å². The standard InChI is InChI=1S/C18H25NO3/c1-12-5-6-15(21)14(7-12)16(22)19-11-18(4)9-13(20)8-17(2,3)10-18/h5-7,21H,8-11H2,1-4H3,(H,19,22)/t18-/m0/s1. The first-order chi connectivity index (χ1) is 10.1.